The molecule has 0 aromatic carbocycles. The molecule has 25 heavy (non-hydrogen) atoms. The first-order valence-corrected chi connectivity index (χ1v) is 10.9. The second kappa shape index (κ2) is 17.4. The first-order valence-electron chi connectivity index (χ1n) is 9.26. The quantitative estimate of drug-likeness (QED) is 0.214. The maximum absolute atomic E-state index is 10.5. The van der Waals surface area contributed by atoms with Crippen molar-refractivity contribution in [2.24, 2.45) is 0 Å². The van der Waals surface area contributed by atoms with Gasteiger partial charge in [0.25, 0.3) is 10.1 Å². The summed E-state index contributed by atoms with van der Waals surface area (Å²) < 4.78 is 29.7. The maximum Gasteiger partial charge on any atom is 0.264 e. The molecule has 0 radical (unpaired) electrons. The summed E-state index contributed by atoms with van der Waals surface area (Å²) in [5.74, 6) is -0.126. The summed E-state index contributed by atoms with van der Waals surface area (Å²) >= 11 is 0. The highest BCUT2D eigenvalue weighted by Gasteiger charge is 2.02. The van der Waals surface area contributed by atoms with Crippen LogP contribution in [0.25, 0.3) is 0 Å². The Morgan fingerprint density at radius 2 is 1.08 bits per heavy atom. The Kier molecular flexibility index (Phi) is 16.5. The van der Waals surface area contributed by atoms with Crippen molar-refractivity contribution < 1.29 is 13.0 Å². The molecule has 0 rings (SSSR count). The number of hydrogen-bond acceptors (Lipinski definition) is 2. The van der Waals surface area contributed by atoms with Gasteiger partial charge < -0.3 is 0 Å². The average molecular weight is 367 g/mol. The summed E-state index contributed by atoms with van der Waals surface area (Å²) in [4.78, 5) is 0. The van der Waals surface area contributed by atoms with Gasteiger partial charge in [0.1, 0.15) is 0 Å². The molecule has 0 aliphatic rings. The molecule has 0 bridgehead atoms. The van der Waals surface area contributed by atoms with Crippen LogP contribution in [0.4, 0.5) is 0 Å². The van der Waals surface area contributed by atoms with Crippen LogP contribution in [0.3, 0.4) is 0 Å². The van der Waals surface area contributed by atoms with Crippen LogP contribution in [0, 0.1) is 0 Å². The van der Waals surface area contributed by atoms with Crippen molar-refractivity contribution >= 4 is 10.1 Å². The molecule has 4 heteroatoms. The molecule has 1 N–H and O–H groups in total. The zero-order valence-electron chi connectivity index (χ0n) is 15.5. The van der Waals surface area contributed by atoms with Crippen LogP contribution in [0.5, 0.6) is 0 Å². The number of allylic oxidation sites excluding steroid dienone is 10. The highest BCUT2D eigenvalue weighted by molar-refractivity contribution is 7.85. The fourth-order valence-corrected chi connectivity index (χ4v) is 2.66. The lowest BCUT2D eigenvalue weighted by atomic mass is 10.2. The summed E-state index contributed by atoms with van der Waals surface area (Å²) in [5.41, 5.74) is 0. The van der Waals surface area contributed by atoms with Crippen LogP contribution in [-0.4, -0.2) is 18.7 Å². The highest BCUT2D eigenvalue weighted by Crippen LogP contribution is 2.03. The second-order valence-corrected chi connectivity index (χ2v) is 7.42. The van der Waals surface area contributed by atoms with Crippen molar-refractivity contribution in [1.29, 1.82) is 0 Å². The van der Waals surface area contributed by atoms with Gasteiger partial charge in [-0.25, -0.2) is 0 Å². The Morgan fingerprint density at radius 1 is 0.640 bits per heavy atom. The fourth-order valence-electron chi connectivity index (χ4n) is 2.09. The molecular weight excluding hydrogens is 332 g/mol. The summed E-state index contributed by atoms with van der Waals surface area (Å²) in [6.45, 7) is 2.14. The minimum atomic E-state index is -3.79. The lowest BCUT2D eigenvalue weighted by Crippen LogP contribution is -2.03. The van der Waals surface area contributed by atoms with Gasteiger partial charge in [0, 0.05) is 0 Å². The Morgan fingerprint density at radius 3 is 1.52 bits per heavy atom. The van der Waals surface area contributed by atoms with Gasteiger partial charge >= 0.3 is 0 Å². The molecular formula is C21H34O3S. The Labute approximate surface area is 154 Å². The van der Waals surface area contributed by atoms with Gasteiger partial charge in [-0.1, -0.05) is 74.1 Å². The van der Waals surface area contributed by atoms with Gasteiger partial charge in [-0.15, -0.1) is 0 Å². The van der Waals surface area contributed by atoms with Crippen molar-refractivity contribution in [3.63, 3.8) is 0 Å². The molecule has 0 unspecified atom stereocenters. The molecule has 0 saturated carbocycles. The SMILES string of the molecule is CC/C=C\C/C=C\CC=CC/C=C\C/C=C\CCCCCS(=O)(=O)O. The minimum absolute atomic E-state index is 0.126. The van der Waals surface area contributed by atoms with Crippen LogP contribution < -0.4 is 0 Å². The van der Waals surface area contributed by atoms with Gasteiger partial charge in [-0.05, 0) is 51.4 Å². The fraction of sp³-hybridized carbons (Fsp3) is 0.524. The van der Waals surface area contributed by atoms with Crippen LogP contribution >= 0.6 is 0 Å². The zero-order valence-corrected chi connectivity index (χ0v) is 16.3. The normalized spacial score (nSPS) is 13.5. The molecule has 0 atom stereocenters. The highest BCUT2D eigenvalue weighted by atomic mass is 32.2. The van der Waals surface area contributed by atoms with Gasteiger partial charge in [-0.3, -0.25) is 4.55 Å². The van der Waals surface area contributed by atoms with Crippen molar-refractivity contribution in [2.75, 3.05) is 5.75 Å². The van der Waals surface area contributed by atoms with E-state index in [0.717, 1.165) is 51.4 Å². The van der Waals surface area contributed by atoms with E-state index in [9.17, 15) is 8.42 Å². The van der Waals surface area contributed by atoms with E-state index in [4.69, 9.17) is 4.55 Å². The summed E-state index contributed by atoms with van der Waals surface area (Å²) in [7, 11) is -3.79. The molecule has 0 heterocycles. The van der Waals surface area contributed by atoms with Gasteiger partial charge in [0.05, 0.1) is 5.75 Å². The molecule has 0 spiro atoms. The zero-order chi connectivity index (χ0) is 18.6. The first kappa shape index (κ1) is 23.6. The van der Waals surface area contributed by atoms with Gasteiger partial charge in [0.15, 0.2) is 0 Å². The smallest absolute Gasteiger partial charge is 0.264 e. The van der Waals surface area contributed by atoms with Crippen molar-refractivity contribution in [3.8, 4) is 0 Å². The van der Waals surface area contributed by atoms with E-state index in [1.54, 1.807) is 0 Å². The van der Waals surface area contributed by atoms with Gasteiger partial charge in [-0.2, -0.15) is 8.42 Å². The molecule has 0 aliphatic heterocycles. The van der Waals surface area contributed by atoms with Crippen molar-refractivity contribution in [2.45, 2.75) is 64.7 Å². The van der Waals surface area contributed by atoms with E-state index in [2.05, 4.69) is 67.7 Å². The number of rotatable bonds is 15. The molecule has 3 nitrogen and oxygen atoms in total. The Balaban J connectivity index is 3.47. The maximum atomic E-state index is 10.5. The molecule has 0 amide bonds. The topological polar surface area (TPSA) is 54.4 Å². The van der Waals surface area contributed by atoms with E-state index in [1.807, 2.05) is 0 Å². The molecule has 0 aromatic rings. The van der Waals surface area contributed by atoms with Crippen molar-refractivity contribution in [1.82, 2.24) is 0 Å². The largest absolute Gasteiger partial charge is 0.286 e. The lowest BCUT2D eigenvalue weighted by Gasteiger charge is -1.96. The van der Waals surface area contributed by atoms with Crippen LogP contribution in [0.1, 0.15) is 64.7 Å². The molecule has 142 valence electrons. The predicted octanol–water partition coefficient (Wildman–Crippen LogP) is 6.19. The van der Waals surface area contributed by atoms with E-state index in [1.165, 1.54) is 0 Å². The number of unbranched alkanes of at least 4 members (excludes halogenated alkanes) is 3. The van der Waals surface area contributed by atoms with Gasteiger partial charge in [0.2, 0.25) is 0 Å². The van der Waals surface area contributed by atoms with Crippen LogP contribution in [-0.2, 0) is 10.1 Å². The third-order valence-corrected chi connectivity index (χ3v) is 4.24. The Bertz CT molecular complexity index is 537. The number of hydrogen-bond donors (Lipinski definition) is 1. The predicted molar refractivity (Wildman–Crippen MR) is 109 cm³/mol. The van der Waals surface area contributed by atoms with Crippen LogP contribution in [0.2, 0.25) is 0 Å². The third-order valence-electron chi connectivity index (χ3n) is 3.43. The molecule has 0 aromatic heterocycles. The monoisotopic (exact) mass is 366 g/mol. The van der Waals surface area contributed by atoms with E-state index >= 15 is 0 Å². The molecule has 0 aliphatic carbocycles. The van der Waals surface area contributed by atoms with E-state index < -0.39 is 10.1 Å². The van der Waals surface area contributed by atoms with E-state index in [-0.39, 0.29) is 5.75 Å². The van der Waals surface area contributed by atoms with Crippen molar-refractivity contribution in [3.05, 3.63) is 60.8 Å². The first-order chi connectivity index (χ1) is 12.1. The molecule has 0 saturated heterocycles. The van der Waals surface area contributed by atoms with Crippen LogP contribution in [0.15, 0.2) is 60.8 Å². The summed E-state index contributed by atoms with van der Waals surface area (Å²) in [6, 6.07) is 0. The third kappa shape index (κ3) is 22.6. The Hall–Kier alpha value is -1.39. The molecule has 0 fully saturated rings. The van der Waals surface area contributed by atoms with E-state index in [0.29, 0.717) is 6.42 Å². The second-order valence-electron chi connectivity index (χ2n) is 5.84. The summed E-state index contributed by atoms with van der Waals surface area (Å²) in [5, 5.41) is 0. The lowest BCUT2D eigenvalue weighted by molar-refractivity contribution is 0.479. The summed E-state index contributed by atoms with van der Waals surface area (Å²) in [6.07, 6.45) is 30.0. The average Bonchev–Trinajstić information content (AvgIpc) is 2.56. The standard InChI is InChI=1S/C21H34O3S/c1-2-3-4-5-6-7-8-9-10-11-12-13-14-15-16-17-18-19-20-21-25(22,23)24/h3-4,6-7,9-10,12-13,15-16H,2,5,8,11,14,17-21H2,1H3,(H,22,23,24)/b4-3-,7-6-,10-9?,13-12-,16-15-. The minimum Gasteiger partial charge on any atom is -0.286 e.